The molecule has 2 unspecified atom stereocenters. The number of amides is 2. The molecule has 9 nitrogen and oxygen atoms in total. The normalized spacial score (nSPS) is 20.9. The van der Waals surface area contributed by atoms with Gasteiger partial charge in [0.05, 0.1) is 19.4 Å². The summed E-state index contributed by atoms with van der Waals surface area (Å²) in [5.41, 5.74) is 0.256. The molecule has 3 rings (SSSR count). The van der Waals surface area contributed by atoms with E-state index in [-0.39, 0.29) is 24.5 Å². The minimum absolute atomic E-state index is 0.0848. The second-order valence-electron chi connectivity index (χ2n) is 6.45. The van der Waals surface area contributed by atoms with E-state index in [1.807, 2.05) is 6.92 Å². The van der Waals surface area contributed by atoms with Gasteiger partial charge in [0.25, 0.3) is 5.91 Å². The molecule has 28 heavy (non-hydrogen) atoms. The van der Waals surface area contributed by atoms with Crippen molar-refractivity contribution in [3.05, 3.63) is 24.3 Å². The van der Waals surface area contributed by atoms with Crippen molar-refractivity contribution in [1.29, 1.82) is 0 Å². The molecular formula is C19H21N3O6. The number of imide groups is 1. The zero-order valence-corrected chi connectivity index (χ0v) is 15.9. The Labute approximate surface area is 161 Å². The van der Waals surface area contributed by atoms with Crippen molar-refractivity contribution < 1.29 is 28.7 Å². The van der Waals surface area contributed by atoms with Gasteiger partial charge in [-0.15, -0.1) is 0 Å². The van der Waals surface area contributed by atoms with Crippen LogP contribution in [0.2, 0.25) is 0 Å². The van der Waals surface area contributed by atoms with Crippen LogP contribution in [-0.2, 0) is 23.9 Å². The summed E-state index contributed by atoms with van der Waals surface area (Å²) < 4.78 is 10.1. The smallest absolute Gasteiger partial charge is 0.355 e. The fourth-order valence-electron chi connectivity index (χ4n) is 3.33. The molecule has 0 spiro atoms. The van der Waals surface area contributed by atoms with Gasteiger partial charge in [-0.05, 0) is 38.1 Å². The summed E-state index contributed by atoms with van der Waals surface area (Å²) in [5.74, 6) is -2.34. The highest BCUT2D eigenvalue weighted by atomic mass is 16.5. The third-order valence-electron chi connectivity index (χ3n) is 4.62. The van der Waals surface area contributed by atoms with Gasteiger partial charge in [0.15, 0.2) is 5.71 Å². The third kappa shape index (κ3) is 3.35. The van der Waals surface area contributed by atoms with Gasteiger partial charge in [-0.2, -0.15) is 5.10 Å². The first-order valence-electron chi connectivity index (χ1n) is 8.92. The maximum absolute atomic E-state index is 13.0. The van der Waals surface area contributed by atoms with Crippen LogP contribution in [0.15, 0.2) is 29.4 Å². The van der Waals surface area contributed by atoms with Gasteiger partial charge in [-0.25, -0.2) is 9.69 Å². The topological polar surface area (TPSA) is 106 Å². The zero-order chi connectivity index (χ0) is 20.4. The third-order valence-corrected chi connectivity index (χ3v) is 4.62. The number of fused-ring (bicyclic) bond motifs is 1. The van der Waals surface area contributed by atoms with E-state index in [1.54, 1.807) is 24.3 Å². The van der Waals surface area contributed by atoms with Crippen molar-refractivity contribution in [2.24, 2.45) is 11.0 Å². The first-order chi connectivity index (χ1) is 13.4. The molecule has 1 aromatic carbocycles. The number of benzene rings is 1. The Morgan fingerprint density at radius 2 is 1.82 bits per heavy atom. The van der Waals surface area contributed by atoms with Gasteiger partial charge in [-0.1, -0.05) is 0 Å². The first-order valence-corrected chi connectivity index (χ1v) is 8.92. The summed E-state index contributed by atoms with van der Waals surface area (Å²) in [4.78, 5) is 50.5. The minimum Gasteiger partial charge on any atom is -0.494 e. The summed E-state index contributed by atoms with van der Waals surface area (Å²) in [5, 5.41) is 5.46. The van der Waals surface area contributed by atoms with Gasteiger partial charge >= 0.3 is 5.97 Å². The zero-order valence-electron chi connectivity index (χ0n) is 15.9. The van der Waals surface area contributed by atoms with E-state index in [0.29, 0.717) is 18.0 Å². The Hall–Kier alpha value is -3.23. The molecule has 2 atom stereocenters. The monoisotopic (exact) mass is 387 g/mol. The quantitative estimate of drug-likeness (QED) is 0.502. The molecule has 1 saturated heterocycles. The molecule has 0 radical (unpaired) electrons. The standard InChI is InChI=1S/C19H21N3O6/c1-4-28-13-7-5-12(6-8-13)22-17(24)14-15(19(26)27-3)20-21(10-9-11(2)23)16(14)18(22)25/h5-8,14,16H,4,9-10H2,1-3H3. The number of nitrogens with zero attached hydrogens (tertiary/aromatic N) is 3. The number of rotatable bonds is 7. The number of carbonyl (C=O) groups excluding carboxylic acids is 4. The molecule has 2 aliphatic heterocycles. The van der Waals surface area contributed by atoms with Crippen LogP contribution in [0, 0.1) is 5.92 Å². The fourth-order valence-corrected chi connectivity index (χ4v) is 3.33. The molecule has 9 heteroatoms. The average molecular weight is 387 g/mol. The number of hydrogen-bond donors (Lipinski definition) is 0. The van der Waals surface area contributed by atoms with Crippen LogP contribution in [0.3, 0.4) is 0 Å². The number of esters is 1. The van der Waals surface area contributed by atoms with Crippen LogP contribution in [0.4, 0.5) is 5.69 Å². The molecule has 1 aromatic rings. The molecule has 1 fully saturated rings. The lowest BCUT2D eigenvalue weighted by molar-refractivity contribution is -0.133. The van der Waals surface area contributed by atoms with Gasteiger partial charge < -0.3 is 9.47 Å². The van der Waals surface area contributed by atoms with Crippen molar-refractivity contribution in [2.45, 2.75) is 26.3 Å². The van der Waals surface area contributed by atoms with Crippen LogP contribution in [-0.4, -0.2) is 60.6 Å². The number of hydrogen-bond acceptors (Lipinski definition) is 8. The lowest BCUT2D eigenvalue weighted by Crippen LogP contribution is -2.39. The lowest BCUT2D eigenvalue weighted by Gasteiger charge is -2.21. The molecule has 0 N–H and O–H groups in total. The van der Waals surface area contributed by atoms with Crippen LogP contribution < -0.4 is 9.64 Å². The van der Waals surface area contributed by atoms with Crippen LogP contribution >= 0.6 is 0 Å². The molecule has 2 amide bonds. The summed E-state index contributed by atoms with van der Waals surface area (Å²) >= 11 is 0. The van der Waals surface area contributed by atoms with Crippen LogP contribution in [0.25, 0.3) is 0 Å². The predicted molar refractivity (Wildman–Crippen MR) is 98.8 cm³/mol. The Morgan fingerprint density at radius 1 is 1.14 bits per heavy atom. The molecule has 148 valence electrons. The largest absolute Gasteiger partial charge is 0.494 e. The Balaban J connectivity index is 1.93. The van der Waals surface area contributed by atoms with Crippen molar-refractivity contribution in [3.8, 4) is 5.75 Å². The second-order valence-corrected chi connectivity index (χ2v) is 6.45. The molecule has 0 aliphatic carbocycles. The van der Waals surface area contributed by atoms with E-state index in [4.69, 9.17) is 9.47 Å². The number of ketones is 1. The number of hydrazone groups is 1. The molecular weight excluding hydrogens is 366 g/mol. The maximum Gasteiger partial charge on any atom is 0.355 e. The highest BCUT2D eigenvalue weighted by molar-refractivity contribution is 6.46. The van der Waals surface area contributed by atoms with Crippen LogP contribution in [0.5, 0.6) is 5.75 Å². The van der Waals surface area contributed by atoms with E-state index in [9.17, 15) is 19.2 Å². The second kappa shape index (κ2) is 7.79. The highest BCUT2D eigenvalue weighted by Gasteiger charge is 2.58. The summed E-state index contributed by atoms with van der Waals surface area (Å²) in [6.07, 6.45) is 0.145. The van der Waals surface area contributed by atoms with Gasteiger partial charge in [0.2, 0.25) is 5.91 Å². The molecule has 2 aliphatic rings. The van der Waals surface area contributed by atoms with Crippen LogP contribution in [0.1, 0.15) is 20.3 Å². The Kier molecular flexibility index (Phi) is 5.43. The predicted octanol–water partition coefficient (Wildman–Crippen LogP) is 0.767. The first kappa shape index (κ1) is 19.5. The summed E-state index contributed by atoms with van der Waals surface area (Å²) in [6, 6.07) is 5.58. The Bertz CT molecular complexity index is 848. The van der Waals surface area contributed by atoms with Crippen molar-refractivity contribution in [1.82, 2.24) is 5.01 Å². The number of ether oxygens (including phenoxy) is 2. The fraction of sp³-hybridized carbons (Fsp3) is 0.421. The van der Waals surface area contributed by atoms with Gasteiger partial charge in [0.1, 0.15) is 23.5 Å². The SMILES string of the molecule is CCOc1ccc(N2C(=O)C3C(C(=O)OC)=NN(CCC(C)=O)C3C2=O)cc1. The molecule has 0 bridgehead atoms. The van der Waals surface area contributed by atoms with E-state index in [1.165, 1.54) is 19.0 Å². The Morgan fingerprint density at radius 3 is 2.39 bits per heavy atom. The van der Waals surface area contributed by atoms with E-state index in [2.05, 4.69) is 5.10 Å². The minimum atomic E-state index is -1.06. The number of anilines is 1. The molecule has 0 aromatic heterocycles. The summed E-state index contributed by atoms with van der Waals surface area (Å²) in [6.45, 7) is 3.90. The molecule has 2 heterocycles. The van der Waals surface area contributed by atoms with Gasteiger partial charge in [0, 0.05) is 13.0 Å². The van der Waals surface area contributed by atoms with Crippen molar-refractivity contribution in [3.63, 3.8) is 0 Å². The highest BCUT2D eigenvalue weighted by Crippen LogP contribution is 2.36. The van der Waals surface area contributed by atoms with E-state index < -0.39 is 29.7 Å². The van der Waals surface area contributed by atoms with E-state index >= 15 is 0 Å². The maximum atomic E-state index is 13.0. The van der Waals surface area contributed by atoms with Crippen molar-refractivity contribution >= 4 is 35.0 Å². The average Bonchev–Trinajstić information content (AvgIpc) is 3.17. The number of methoxy groups -OCH3 is 1. The van der Waals surface area contributed by atoms with E-state index in [0.717, 1.165) is 4.90 Å². The summed E-state index contributed by atoms with van der Waals surface area (Å²) in [7, 11) is 1.18. The number of Topliss-reactive ketones (excluding diaryl/α,β-unsaturated/α-hetero) is 1. The molecule has 0 saturated carbocycles. The van der Waals surface area contributed by atoms with Crippen molar-refractivity contribution in [2.75, 3.05) is 25.2 Å². The number of carbonyl (C=O) groups is 4. The lowest BCUT2D eigenvalue weighted by atomic mass is 9.98. The van der Waals surface area contributed by atoms with Gasteiger partial charge in [-0.3, -0.25) is 19.4 Å².